The number of hydrogen-bond acceptors (Lipinski definition) is 6. The molecule has 0 amide bonds. The van der Waals surface area contributed by atoms with Crippen molar-refractivity contribution in [3.63, 3.8) is 0 Å². The Morgan fingerprint density at radius 1 is 1.00 bits per heavy atom. The SMILES string of the molecule is COc1ccc(C2=Nn3c(nnc3-c3ccc(O)cc3)SC2)cc1. The van der Waals surface area contributed by atoms with Gasteiger partial charge in [0.05, 0.1) is 12.8 Å². The zero-order chi connectivity index (χ0) is 16.5. The number of methoxy groups -OCH3 is 1. The number of nitrogens with zero attached hydrogens (tertiary/aromatic N) is 4. The molecule has 0 saturated carbocycles. The van der Waals surface area contributed by atoms with Crippen LogP contribution in [0.4, 0.5) is 0 Å². The number of aromatic hydroxyl groups is 1. The van der Waals surface area contributed by atoms with Crippen LogP contribution >= 0.6 is 11.8 Å². The van der Waals surface area contributed by atoms with Gasteiger partial charge in [0.15, 0.2) is 5.82 Å². The standard InChI is InChI=1S/C17H14N4O2S/c1-23-14-8-4-11(5-9-14)15-10-24-17-19-18-16(21(17)20-15)12-2-6-13(22)7-3-12/h2-9,22H,10H2,1H3. The maximum atomic E-state index is 9.44. The number of rotatable bonds is 3. The summed E-state index contributed by atoms with van der Waals surface area (Å²) in [7, 11) is 1.65. The van der Waals surface area contributed by atoms with Crippen LogP contribution in [0.2, 0.25) is 0 Å². The highest BCUT2D eigenvalue weighted by atomic mass is 32.2. The fraction of sp³-hybridized carbons (Fsp3) is 0.118. The monoisotopic (exact) mass is 338 g/mol. The molecule has 1 aliphatic rings. The molecule has 24 heavy (non-hydrogen) atoms. The summed E-state index contributed by atoms with van der Waals surface area (Å²) in [4.78, 5) is 0. The second kappa shape index (κ2) is 6.01. The summed E-state index contributed by atoms with van der Waals surface area (Å²) in [5.74, 6) is 2.43. The molecule has 0 bridgehead atoms. The smallest absolute Gasteiger partial charge is 0.212 e. The van der Waals surface area contributed by atoms with Crippen LogP contribution in [0.5, 0.6) is 11.5 Å². The third-order valence-electron chi connectivity index (χ3n) is 3.72. The Morgan fingerprint density at radius 3 is 2.42 bits per heavy atom. The first-order valence-corrected chi connectivity index (χ1v) is 8.33. The Balaban J connectivity index is 1.74. The molecule has 3 aromatic rings. The quantitative estimate of drug-likeness (QED) is 0.795. The Morgan fingerprint density at radius 2 is 1.71 bits per heavy atom. The first-order valence-electron chi connectivity index (χ1n) is 7.34. The molecule has 0 saturated heterocycles. The molecule has 2 heterocycles. The lowest BCUT2D eigenvalue weighted by molar-refractivity contribution is 0.415. The van der Waals surface area contributed by atoms with Gasteiger partial charge in [0, 0.05) is 11.3 Å². The molecule has 1 N–H and O–H groups in total. The van der Waals surface area contributed by atoms with E-state index in [4.69, 9.17) is 9.84 Å². The average Bonchev–Trinajstić information content (AvgIpc) is 3.05. The van der Waals surface area contributed by atoms with E-state index in [2.05, 4.69) is 10.2 Å². The Bertz CT molecular complexity index is 901. The van der Waals surface area contributed by atoms with Crippen molar-refractivity contribution in [1.82, 2.24) is 14.9 Å². The summed E-state index contributed by atoms with van der Waals surface area (Å²) in [6.07, 6.45) is 0. The molecule has 0 fully saturated rings. The third-order valence-corrected chi connectivity index (χ3v) is 4.65. The highest BCUT2D eigenvalue weighted by molar-refractivity contribution is 7.99. The van der Waals surface area contributed by atoms with Crippen LogP contribution in [0.3, 0.4) is 0 Å². The Kier molecular flexibility index (Phi) is 3.70. The van der Waals surface area contributed by atoms with Crippen LogP contribution in [0.15, 0.2) is 58.8 Å². The van der Waals surface area contributed by atoms with E-state index >= 15 is 0 Å². The fourth-order valence-electron chi connectivity index (χ4n) is 2.44. The number of aromatic nitrogens is 3. The number of hydrogen-bond donors (Lipinski definition) is 1. The lowest BCUT2D eigenvalue weighted by Crippen LogP contribution is -2.13. The number of ether oxygens (including phenoxy) is 1. The zero-order valence-corrected chi connectivity index (χ0v) is 13.7. The van der Waals surface area contributed by atoms with Gasteiger partial charge < -0.3 is 9.84 Å². The minimum Gasteiger partial charge on any atom is -0.508 e. The van der Waals surface area contributed by atoms with E-state index in [0.29, 0.717) is 5.82 Å². The Hall–Kier alpha value is -2.80. The number of phenols is 1. The van der Waals surface area contributed by atoms with Crippen LogP contribution in [-0.4, -0.2) is 38.6 Å². The number of benzene rings is 2. The van der Waals surface area contributed by atoms with Gasteiger partial charge in [-0.1, -0.05) is 11.8 Å². The van der Waals surface area contributed by atoms with E-state index in [1.807, 2.05) is 24.3 Å². The average molecular weight is 338 g/mol. The van der Waals surface area contributed by atoms with Crippen molar-refractivity contribution in [3.8, 4) is 22.9 Å². The minimum absolute atomic E-state index is 0.217. The van der Waals surface area contributed by atoms with Gasteiger partial charge in [-0.2, -0.15) is 9.78 Å². The van der Waals surface area contributed by atoms with Gasteiger partial charge in [0.1, 0.15) is 11.5 Å². The van der Waals surface area contributed by atoms with Gasteiger partial charge in [-0.3, -0.25) is 0 Å². The van der Waals surface area contributed by atoms with Crippen LogP contribution in [0, 0.1) is 0 Å². The van der Waals surface area contributed by atoms with Gasteiger partial charge in [0.2, 0.25) is 5.16 Å². The zero-order valence-electron chi connectivity index (χ0n) is 12.9. The molecular weight excluding hydrogens is 324 g/mol. The molecule has 0 atom stereocenters. The van der Waals surface area contributed by atoms with E-state index in [0.717, 1.165) is 33.5 Å². The van der Waals surface area contributed by atoms with Crippen molar-refractivity contribution < 1.29 is 9.84 Å². The number of fused-ring (bicyclic) bond motifs is 1. The highest BCUT2D eigenvalue weighted by Gasteiger charge is 2.20. The lowest BCUT2D eigenvalue weighted by atomic mass is 10.1. The van der Waals surface area contributed by atoms with Crippen molar-refractivity contribution in [3.05, 3.63) is 54.1 Å². The predicted molar refractivity (Wildman–Crippen MR) is 92.8 cm³/mol. The maximum Gasteiger partial charge on any atom is 0.212 e. The van der Waals surface area contributed by atoms with E-state index in [1.165, 1.54) is 0 Å². The Labute approximate surface area is 142 Å². The van der Waals surface area contributed by atoms with E-state index in [9.17, 15) is 5.11 Å². The molecule has 4 rings (SSSR count). The van der Waals surface area contributed by atoms with Crippen LogP contribution in [0.1, 0.15) is 5.56 Å². The van der Waals surface area contributed by atoms with Gasteiger partial charge in [-0.15, -0.1) is 10.2 Å². The van der Waals surface area contributed by atoms with Gasteiger partial charge >= 0.3 is 0 Å². The maximum absolute atomic E-state index is 9.44. The fourth-order valence-corrected chi connectivity index (χ4v) is 3.28. The van der Waals surface area contributed by atoms with Crippen molar-refractivity contribution in [2.45, 2.75) is 5.16 Å². The van der Waals surface area contributed by atoms with Crippen molar-refractivity contribution in [2.75, 3.05) is 12.9 Å². The van der Waals surface area contributed by atoms with Crippen LogP contribution in [0.25, 0.3) is 11.4 Å². The molecule has 1 aromatic heterocycles. The first kappa shape index (κ1) is 14.8. The van der Waals surface area contributed by atoms with E-state index < -0.39 is 0 Å². The van der Waals surface area contributed by atoms with E-state index in [-0.39, 0.29) is 5.75 Å². The first-order chi connectivity index (χ1) is 11.7. The van der Waals surface area contributed by atoms with Gasteiger partial charge in [0.25, 0.3) is 0 Å². The lowest BCUT2D eigenvalue weighted by Gasteiger charge is -2.14. The van der Waals surface area contributed by atoms with Gasteiger partial charge in [-0.05, 0) is 54.1 Å². The molecule has 1 aliphatic heterocycles. The second-order valence-electron chi connectivity index (χ2n) is 5.23. The summed E-state index contributed by atoms with van der Waals surface area (Å²) in [6, 6.07) is 14.7. The molecule has 0 aliphatic carbocycles. The molecule has 6 nitrogen and oxygen atoms in total. The summed E-state index contributed by atoms with van der Waals surface area (Å²) in [6.45, 7) is 0. The molecular formula is C17H14N4O2S. The molecule has 2 aromatic carbocycles. The highest BCUT2D eigenvalue weighted by Crippen LogP contribution is 2.29. The topological polar surface area (TPSA) is 72.5 Å². The number of thioether (sulfide) groups is 1. The third kappa shape index (κ3) is 2.63. The van der Waals surface area contributed by atoms with Crippen LogP contribution in [-0.2, 0) is 0 Å². The largest absolute Gasteiger partial charge is 0.508 e. The second-order valence-corrected chi connectivity index (χ2v) is 6.17. The normalized spacial score (nSPS) is 13.3. The summed E-state index contributed by atoms with van der Waals surface area (Å²) in [5.41, 5.74) is 2.85. The summed E-state index contributed by atoms with van der Waals surface area (Å²) >= 11 is 1.60. The molecule has 0 unspecified atom stereocenters. The van der Waals surface area contributed by atoms with Gasteiger partial charge in [-0.25, -0.2) is 0 Å². The minimum atomic E-state index is 0.217. The summed E-state index contributed by atoms with van der Waals surface area (Å²) < 4.78 is 6.95. The van der Waals surface area contributed by atoms with Crippen molar-refractivity contribution in [1.29, 1.82) is 0 Å². The predicted octanol–water partition coefficient (Wildman–Crippen LogP) is 3.02. The molecule has 0 radical (unpaired) electrons. The molecule has 120 valence electrons. The molecule has 0 spiro atoms. The number of phenolic OH excluding ortho intramolecular Hbond substituents is 1. The van der Waals surface area contributed by atoms with E-state index in [1.54, 1.807) is 47.8 Å². The van der Waals surface area contributed by atoms with Crippen LogP contribution < -0.4 is 4.74 Å². The van der Waals surface area contributed by atoms with Crippen molar-refractivity contribution >= 4 is 17.5 Å². The molecule has 7 heteroatoms. The van der Waals surface area contributed by atoms with Crippen molar-refractivity contribution in [2.24, 2.45) is 5.10 Å². The summed E-state index contributed by atoms with van der Waals surface area (Å²) in [5, 5.41) is 23.3.